The molecule has 25 heavy (non-hydrogen) atoms. The Bertz CT molecular complexity index is 772. The van der Waals surface area contributed by atoms with Crippen LogP contribution in [0.2, 0.25) is 0 Å². The van der Waals surface area contributed by atoms with Crippen molar-refractivity contribution in [2.24, 2.45) is 0 Å². The minimum atomic E-state index is 0.755. The third-order valence-corrected chi connectivity index (χ3v) is 3.95. The van der Waals surface area contributed by atoms with Gasteiger partial charge in [-0.25, -0.2) is 9.97 Å². The van der Waals surface area contributed by atoms with Gasteiger partial charge >= 0.3 is 0 Å². The van der Waals surface area contributed by atoms with Crippen molar-refractivity contribution in [2.75, 3.05) is 17.2 Å². The van der Waals surface area contributed by atoms with Gasteiger partial charge in [0.05, 0.1) is 0 Å². The maximum absolute atomic E-state index is 4.47. The number of hydrogen-bond donors (Lipinski definition) is 2. The summed E-state index contributed by atoms with van der Waals surface area (Å²) in [5.74, 6) is 2.49. The summed E-state index contributed by atoms with van der Waals surface area (Å²) in [6, 6.07) is 22.8. The topological polar surface area (TPSA) is 49.8 Å². The van der Waals surface area contributed by atoms with E-state index in [2.05, 4.69) is 63.1 Å². The third-order valence-electron chi connectivity index (χ3n) is 3.95. The first-order valence-corrected chi connectivity index (χ1v) is 8.71. The van der Waals surface area contributed by atoms with Gasteiger partial charge in [0.1, 0.15) is 17.5 Å². The maximum Gasteiger partial charge on any atom is 0.132 e. The van der Waals surface area contributed by atoms with Gasteiger partial charge in [0, 0.05) is 19.2 Å². The van der Waals surface area contributed by atoms with Crippen LogP contribution in [0.1, 0.15) is 23.4 Å². The van der Waals surface area contributed by atoms with E-state index >= 15 is 0 Å². The van der Waals surface area contributed by atoms with Crippen LogP contribution in [0.5, 0.6) is 0 Å². The molecule has 0 fully saturated rings. The van der Waals surface area contributed by atoms with Gasteiger partial charge in [-0.15, -0.1) is 0 Å². The van der Waals surface area contributed by atoms with Crippen molar-refractivity contribution < 1.29 is 0 Å². The predicted molar refractivity (Wildman–Crippen MR) is 104 cm³/mol. The van der Waals surface area contributed by atoms with E-state index in [-0.39, 0.29) is 0 Å². The molecule has 0 spiro atoms. The average molecular weight is 332 g/mol. The molecule has 1 heterocycles. The smallest absolute Gasteiger partial charge is 0.132 e. The van der Waals surface area contributed by atoms with Crippen LogP contribution in [0.15, 0.2) is 66.7 Å². The Balaban J connectivity index is 1.50. The molecule has 4 nitrogen and oxygen atoms in total. The Hall–Kier alpha value is -2.88. The number of nitrogens with zero attached hydrogens (tertiary/aromatic N) is 2. The Labute approximate surface area is 149 Å². The van der Waals surface area contributed by atoms with Crippen LogP contribution < -0.4 is 10.6 Å². The molecule has 0 atom stereocenters. The van der Waals surface area contributed by atoms with Crippen molar-refractivity contribution in [3.05, 3.63) is 83.7 Å². The molecular weight excluding hydrogens is 308 g/mol. The summed E-state index contributed by atoms with van der Waals surface area (Å²) in [5.41, 5.74) is 2.60. The SMILES string of the molecule is Cc1nc(NCCCc2ccccc2)cc(NCc2ccccc2)n1. The minimum absolute atomic E-state index is 0.755. The molecule has 0 radical (unpaired) electrons. The number of aryl methyl sites for hydroxylation is 2. The summed E-state index contributed by atoms with van der Waals surface area (Å²) in [5, 5.41) is 6.77. The van der Waals surface area contributed by atoms with Crippen molar-refractivity contribution in [3.63, 3.8) is 0 Å². The molecule has 1 aromatic heterocycles. The van der Waals surface area contributed by atoms with Gasteiger partial charge in [-0.3, -0.25) is 0 Å². The Morgan fingerprint density at radius 3 is 2.04 bits per heavy atom. The van der Waals surface area contributed by atoms with Gasteiger partial charge in [0.15, 0.2) is 0 Å². The lowest BCUT2D eigenvalue weighted by Crippen LogP contribution is -2.08. The molecule has 0 saturated carbocycles. The molecule has 0 aliphatic heterocycles. The van der Waals surface area contributed by atoms with Crippen molar-refractivity contribution in [1.29, 1.82) is 0 Å². The molecule has 2 N–H and O–H groups in total. The second kappa shape index (κ2) is 8.83. The first-order chi connectivity index (χ1) is 12.3. The standard InChI is InChI=1S/C21H24N4/c1-17-24-20(22-14-8-13-18-9-4-2-5-10-18)15-21(25-17)23-16-19-11-6-3-7-12-19/h2-7,9-12,15H,8,13-14,16H2,1H3,(H2,22,23,24,25). The fourth-order valence-electron chi connectivity index (χ4n) is 2.69. The van der Waals surface area contributed by atoms with E-state index in [4.69, 9.17) is 0 Å². The molecule has 0 aliphatic rings. The van der Waals surface area contributed by atoms with E-state index in [9.17, 15) is 0 Å². The highest BCUT2D eigenvalue weighted by atomic mass is 15.1. The molecule has 0 bridgehead atoms. The van der Waals surface area contributed by atoms with Gasteiger partial charge in [0.25, 0.3) is 0 Å². The quantitative estimate of drug-likeness (QED) is 0.599. The van der Waals surface area contributed by atoms with Crippen LogP contribution >= 0.6 is 0 Å². The van der Waals surface area contributed by atoms with E-state index in [0.29, 0.717) is 0 Å². The predicted octanol–water partition coefficient (Wildman–Crippen LogP) is 4.44. The highest BCUT2D eigenvalue weighted by Gasteiger charge is 2.02. The molecule has 0 amide bonds. The summed E-state index contributed by atoms with van der Waals surface area (Å²) in [6.07, 6.45) is 2.14. The summed E-state index contributed by atoms with van der Waals surface area (Å²) >= 11 is 0. The molecule has 0 saturated heterocycles. The van der Waals surface area contributed by atoms with E-state index < -0.39 is 0 Å². The van der Waals surface area contributed by atoms with Crippen LogP contribution in [0.4, 0.5) is 11.6 Å². The summed E-state index contributed by atoms with van der Waals surface area (Å²) in [6.45, 7) is 3.57. The number of aromatic nitrogens is 2. The molecule has 128 valence electrons. The summed E-state index contributed by atoms with van der Waals surface area (Å²) in [7, 11) is 0. The number of benzene rings is 2. The fraction of sp³-hybridized carbons (Fsp3) is 0.238. The maximum atomic E-state index is 4.47. The second-order valence-electron chi connectivity index (χ2n) is 6.04. The van der Waals surface area contributed by atoms with Crippen LogP contribution in [0.25, 0.3) is 0 Å². The molecule has 3 aromatic rings. The molecule has 4 heteroatoms. The highest BCUT2D eigenvalue weighted by Crippen LogP contribution is 2.13. The lowest BCUT2D eigenvalue weighted by atomic mass is 10.1. The number of hydrogen-bond acceptors (Lipinski definition) is 4. The van der Waals surface area contributed by atoms with Crippen molar-refractivity contribution in [3.8, 4) is 0 Å². The van der Waals surface area contributed by atoms with Crippen LogP contribution in [-0.2, 0) is 13.0 Å². The molecule has 3 rings (SSSR count). The van der Waals surface area contributed by atoms with E-state index in [1.165, 1.54) is 11.1 Å². The Kier molecular flexibility index (Phi) is 5.99. The van der Waals surface area contributed by atoms with Crippen LogP contribution in [0, 0.1) is 6.92 Å². The minimum Gasteiger partial charge on any atom is -0.370 e. The number of anilines is 2. The monoisotopic (exact) mass is 332 g/mol. The van der Waals surface area contributed by atoms with Gasteiger partial charge < -0.3 is 10.6 Å². The van der Waals surface area contributed by atoms with Gasteiger partial charge in [-0.1, -0.05) is 60.7 Å². The first-order valence-electron chi connectivity index (χ1n) is 8.71. The molecular formula is C21H24N4. The summed E-state index contributed by atoms with van der Waals surface area (Å²) in [4.78, 5) is 8.93. The van der Waals surface area contributed by atoms with Gasteiger partial charge in [0.2, 0.25) is 0 Å². The lowest BCUT2D eigenvalue weighted by Gasteiger charge is -2.10. The van der Waals surface area contributed by atoms with Crippen molar-refractivity contribution in [1.82, 2.24) is 9.97 Å². The van der Waals surface area contributed by atoms with Crippen molar-refractivity contribution in [2.45, 2.75) is 26.3 Å². The zero-order valence-corrected chi connectivity index (χ0v) is 14.6. The van der Waals surface area contributed by atoms with Crippen molar-refractivity contribution >= 4 is 11.6 Å². The van der Waals surface area contributed by atoms with Crippen LogP contribution in [-0.4, -0.2) is 16.5 Å². The lowest BCUT2D eigenvalue weighted by molar-refractivity contribution is 0.856. The number of rotatable bonds is 8. The number of nitrogens with one attached hydrogen (secondary N) is 2. The summed E-state index contributed by atoms with van der Waals surface area (Å²) < 4.78 is 0. The zero-order chi connectivity index (χ0) is 17.3. The molecule has 0 unspecified atom stereocenters. The average Bonchev–Trinajstić information content (AvgIpc) is 2.65. The molecule has 2 aromatic carbocycles. The van der Waals surface area contributed by atoms with Gasteiger partial charge in [-0.2, -0.15) is 0 Å². The Morgan fingerprint density at radius 1 is 0.760 bits per heavy atom. The first kappa shape index (κ1) is 17.0. The van der Waals surface area contributed by atoms with Crippen LogP contribution in [0.3, 0.4) is 0 Å². The highest BCUT2D eigenvalue weighted by molar-refractivity contribution is 5.47. The third kappa shape index (κ3) is 5.60. The van der Waals surface area contributed by atoms with E-state index in [0.717, 1.165) is 43.4 Å². The normalized spacial score (nSPS) is 10.4. The van der Waals surface area contributed by atoms with Gasteiger partial charge in [-0.05, 0) is 30.9 Å². The Morgan fingerprint density at radius 2 is 1.36 bits per heavy atom. The zero-order valence-electron chi connectivity index (χ0n) is 14.6. The largest absolute Gasteiger partial charge is 0.370 e. The second-order valence-corrected chi connectivity index (χ2v) is 6.04. The van der Waals surface area contributed by atoms with E-state index in [1.54, 1.807) is 0 Å². The van der Waals surface area contributed by atoms with E-state index in [1.807, 2.05) is 31.2 Å². The molecule has 0 aliphatic carbocycles. The fourth-order valence-corrected chi connectivity index (χ4v) is 2.69.